The Labute approximate surface area is 176 Å². The molecule has 2 heterocycles. The molecule has 3 aromatic rings. The highest BCUT2D eigenvalue weighted by atomic mass is 16.5. The quantitative estimate of drug-likeness (QED) is 0.653. The van der Waals surface area contributed by atoms with E-state index in [1.165, 1.54) is 0 Å². The van der Waals surface area contributed by atoms with Crippen molar-refractivity contribution in [3.05, 3.63) is 66.4 Å². The van der Waals surface area contributed by atoms with Gasteiger partial charge in [0.1, 0.15) is 11.4 Å². The third kappa shape index (κ3) is 4.69. The summed E-state index contributed by atoms with van der Waals surface area (Å²) in [6.07, 6.45) is 1.79. The van der Waals surface area contributed by atoms with Gasteiger partial charge < -0.3 is 14.8 Å². The fourth-order valence-corrected chi connectivity index (χ4v) is 3.48. The van der Waals surface area contributed by atoms with Crippen LogP contribution in [0.25, 0.3) is 16.9 Å². The van der Waals surface area contributed by atoms with Crippen LogP contribution in [0.15, 0.2) is 60.8 Å². The van der Waals surface area contributed by atoms with E-state index >= 15 is 0 Å². The lowest BCUT2D eigenvalue weighted by Crippen LogP contribution is -2.41. The van der Waals surface area contributed by atoms with Crippen LogP contribution in [0.4, 0.5) is 0 Å². The van der Waals surface area contributed by atoms with E-state index in [0.29, 0.717) is 17.8 Å². The number of benzene rings is 2. The van der Waals surface area contributed by atoms with Crippen LogP contribution in [0.1, 0.15) is 10.4 Å². The van der Waals surface area contributed by atoms with Gasteiger partial charge in [-0.3, -0.25) is 9.69 Å². The molecular weight excluding hydrogens is 380 g/mol. The molecule has 0 spiro atoms. The minimum Gasteiger partial charge on any atom is -0.497 e. The molecule has 30 heavy (non-hydrogen) atoms. The Morgan fingerprint density at radius 2 is 1.93 bits per heavy atom. The molecule has 1 fully saturated rings. The molecule has 7 nitrogen and oxygen atoms in total. The largest absolute Gasteiger partial charge is 0.497 e. The van der Waals surface area contributed by atoms with Crippen LogP contribution >= 0.6 is 0 Å². The fraction of sp³-hybridized carbons (Fsp3) is 0.304. The summed E-state index contributed by atoms with van der Waals surface area (Å²) in [5.74, 6) is 0.587. The van der Waals surface area contributed by atoms with Gasteiger partial charge in [0.15, 0.2) is 0 Å². The molecule has 0 unspecified atom stereocenters. The van der Waals surface area contributed by atoms with E-state index in [0.717, 1.165) is 49.8 Å². The van der Waals surface area contributed by atoms with Gasteiger partial charge in [-0.1, -0.05) is 30.3 Å². The highest BCUT2D eigenvalue weighted by Crippen LogP contribution is 2.27. The number of para-hydroxylation sites is 1. The van der Waals surface area contributed by atoms with Crippen LogP contribution in [0, 0.1) is 0 Å². The third-order valence-corrected chi connectivity index (χ3v) is 5.14. The van der Waals surface area contributed by atoms with Gasteiger partial charge in [-0.25, -0.2) is 4.68 Å². The number of amides is 1. The first-order chi connectivity index (χ1) is 14.7. The molecule has 1 aliphatic heterocycles. The van der Waals surface area contributed by atoms with Crippen molar-refractivity contribution in [2.75, 3.05) is 46.5 Å². The number of aromatic nitrogens is 2. The summed E-state index contributed by atoms with van der Waals surface area (Å²) in [5.41, 5.74) is 2.90. The molecule has 0 aliphatic carbocycles. The summed E-state index contributed by atoms with van der Waals surface area (Å²) in [7, 11) is 1.63. The number of carbonyl (C=O) groups is 1. The van der Waals surface area contributed by atoms with Gasteiger partial charge in [0.2, 0.25) is 0 Å². The molecule has 7 heteroatoms. The van der Waals surface area contributed by atoms with Gasteiger partial charge in [0.25, 0.3) is 5.91 Å². The number of methoxy groups -OCH3 is 1. The van der Waals surface area contributed by atoms with Crippen molar-refractivity contribution in [3.63, 3.8) is 0 Å². The second kappa shape index (κ2) is 9.56. The van der Waals surface area contributed by atoms with Gasteiger partial charge in [0, 0.05) is 37.9 Å². The maximum Gasteiger partial charge on any atom is 0.255 e. The van der Waals surface area contributed by atoms with E-state index in [1.807, 2.05) is 54.6 Å². The highest BCUT2D eigenvalue weighted by molar-refractivity contribution is 6.00. The third-order valence-electron chi connectivity index (χ3n) is 5.14. The van der Waals surface area contributed by atoms with Gasteiger partial charge >= 0.3 is 0 Å². The molecule has 4 rings (SSSR count). The molecule has 1 aliphatic rings. The summed E-state index contributed by atoms with van der Waals surface area (Å²) in [4.78, 5) is 15.3. The number of rotatable bonds is 7. The Morgan fingerprint density at radius 1 is 1.13 bits per heavy atom. The van der Waals surface area contributed by atoms with Crippen LogP contribution < -0.4 is 10.1 Å². The number of nitrogens with zero attached hydrogens (tertiary/aromatic N) is 3. The second-order valence-electron chi connectivity index (χ2n) is 7.11. The van der Waals surface area contributed by atoms with Gasteiger partial charge in [-0.05, 0) is 24.3 Å². The number of hydrogen-bond donors (Lipinski definition) is 1. The minimum absolute atomic E-state index is 0.136. The second-order valence-corrected chi connectivity index (χ2v) is 7.11. The first-order valence-electron chi connectivity index (χ1n) is 10.1. The van der Waals surface area contributed by atoms with E-state index in [2.05, 4.69) is 10.2 Å². The van der Waals surface area contributed by atoms with Crippen molar-refractivity contribution < 1.29 is 14.3 Å². The summed E-state index contributed by atoms with van der Waals surface area (Å²) >= 11 is 0. The first-order valence-corrected chi connectivity index (χ1v) is 10.1. The van der Waals surface area contributed by atoms with Crippen molar-refractivity contribution in [1.29, 1.82) is 0 Å². The number of ether oxygens (including phenoxy) is 2. The standard InChI is InChI=1S/C23H26N4O3/c1-29-20-9-5-6-18(16-20)22-21(17-27(25-22)19-7-3-2-4-8-19)23(28)24-10-11-26-12-14-30-15-13-26/h2-9,16-17H,10-15H2,1H3,(H,24,28). The van der Waals surface area contributed by atoms with Crippen LogP contribution in [0.5, 0.6) is 5.75 Å². The lowest BCUT2D eigenvalue weighted by Gasteiger charge is -2.26. The smallest absolute Gasteiger partial charge is 0.255 e. The fourth-order valence-electron chi connectivity index (χ4n) is 3.48. The molecule has 1 N–H and O–H groups in total. The van der Waals surface area contributed by atoms with E-state index < -0.39 is 0 Å². The molecule has 0 saturated carbocycles. The van der Waals surface area contributed by atoms with Crippen LogP contribution in [0.3, 0.4) is 0 Å². The molecule has 0 atom stereocenters. The van der Waals surface area contributed by atoms with Crippen molar-refractivity contribution in [3.8, 4) is 22.7 Å². The Hall–Kier alpha value is -3.16. The molecule has 2 aromatic carbocycles. The SMILES string of the molecule is COc1cccc(-c2nn(-c3ccccc3)cc2C(=O)NCCN2CCOCC2)c1. The first kappa shape index (κ1) is 20.1. The van der Waals surface area contributed by atoms with Crippen LogP contribution in [-0.2, 0) is 4.74 Å². The predicted molar refractivity (Wildman–Crippen MR) is 115 cm³/mol. The van der Waals surface area contributed by atoms with E-state index in [1.54, 1.807) is 18.0 Å². The lowest BCUT2D eigenvalue weighted by atomic mass is 10.1. The summed E-state index contributed by atoms with van der Waals surface area (Å²) < 4.78 is 12.5. The number of hydrogen-bond acceptors (Lipinski definition) is 5. The average molecular weight is 406 g/mol. The van der Waals surface area contributed by atoms with E-state index in [4.69, 9.17) is 14.6 Å². The predicted octanol–water partition coefficient (Wildman–Crippen LogP) is 2.61. The minimum atomic E-state index is -0.136. The molecule has 0 radical (unpaired) electrons. The Kier molecular flexibility index (Phi) is 6.41. The lowest BCUT2D eigenvalue weighted by molar-refractivity contribution is 0.0383. The molecule has 1 aromatic heterocycles. The highest BCUT2D eigenvalue weighted by Gasteiger charge is 2.19. The van der Waals surface area contributed by atoms with Crippen LogP contribution in [0.2, 0.25) is 0 Å². The summed E-state index contributed by atoms with van der Waals surface area (Å²) in [5, 5.41) is 7.76. The normalized spacial score (nSPS) is 14.4. The number of carbonyl (C=O) groups excluding carboxylic acids is 1. The van der Waals surface area contributed by atoms with E-state index in [-0.39, 0.29) is 5.91 Å². The zero-order chi connectivity index (χ0) is 20.8. The van der Waals surface area contributed by atoms with Crippen molar-refractivity contribution in [2.45, 2.75) is 0 Å². The maximum absolute atomic E-state index is 13.0. The van der Waals surface area contributed by atoms with Crippen molar-refractivity contribution >= 4 is 5.91 Å². The zero-order valence-electron chi connectivity index (χ0n) is 17.1. The van der Waals surface area contributed by atoms with Crippen molar-refractivity contribution in [2.24, 2.45) is 0 Å². The molecular formula is C23H26N4O3. The summed E-state index contributed by atoms with van der Waals surface area (Å²) in [6, 6.07) is 17.4. The summed E-state index contributed by atoms with van der Waals surface area (Å²) in [6.45, 7) is 4.67. The van der Waals surface area contributed by atoms with Gasteiger partial charge in [-0.2, -0.15) is 5.10 Å². The monoisotopic (exact) mass is 406 g/mol. The Balaban J connectivity index is 1.58. The Morgan fingerprint density at radius 3 is 2.70 bits per heavy atom. The Bertz CT molecular complexity index is 981. The van der Waals surface area contributed by atoms with Crippen LogP contribution in [-0.4, -0.2) is 67.1 Å². The molecule has 0 bridgehead atoms. The van der Waals surface area contributed by atoms with Crippen molar-refractivity contribution in [1.82, 2.24) is 20.0 Å². The van der Waals surface area contributed by atoms with Gasteiger partial charge in [0.05, 0.1) is 31.6 Å². The zero-order valence-corrected chi connectivity index (χ0v) is 17.1. The maximum atomic E-state index is 13.0. The average Bonchev–Trinajstić information content (AvgIpc) is 3.26. The number of nitrogens with one attached hydrogen (secondary N) is 1. The molecule has 1 amide bonds. The topological polar surface area (TPSA) is 68.6 Å². The number of morpholine rings is 1. The molecule has 156 valence electrons. The van der Waals surface area contributed by atoms with Gasteiger partial charge in [-0.15, -0.1) is 0 Å². The molecule has 1 saturated heterocycles. The van der Waals surface area contributed by atoms with E-state index in [9.17, 15) is 4.79 Å².